The summed E-state index contributed by atoms with van der Waals surface area (Å²) in [5, 5.41) is 18.7. The lowest BCUT2D eigenvalue weighted by atomic mass is 9.98. The summed E-state index contributed by atoms with van der Waals surface area (Å²) in [6.45, 7) is 1.32. The molecule has 124 valence electrons. The third-order valence-electron chi connectivity index (χ3n) is 4.43. The number of aromatic carboxylic acids is 1. The first-order chi connectivity index (χ1) is 11.5. The molecule has 2 N–H and O–H groups in total. The molecule has 1 saturated heterocycles. The molecule has 1 aliphatic heterocycles. The van der Waals surface area contributed by atoms with Crippen molar-refractivity contribution in [2.45, 2.75) is 12.8 Å². The van der Waals surface area contributed by atoms with Crippen LogP contribution in [0, 0.1) is 5.92 Å². The van der Waals surface area contributed by atoms with Gasteiger partial charge in [0.25, 0.3) is 5.91 Å². The summed E-state index contributed by atoms with van der Waals surface area (Å²) < 4.78 is 0. The van der Waals surface area contributed by atoms with E-state index in [1.807, 2.05) is 12.1 Å². The summed E-state index contributed by atoms with van der Waals surface area (Å²) in [6, 6.07) is 13.5. The number of carboxylic acids is 1. The topological polar surface area (TPSA) is 77.8 Å². The zero-order valence-electron chi connectivity index (χ0n) is 13.2. The highest BCUT2D eigenvalue weighted by Gasteiger charge is 2.28. The van der Waals surface area contributed by atoms with Crippen molar-refractivity contribution >= 4 is 11.9 Å². The van der Waals surface area contributed by atoms with Crippen LogP contribution in [0.5, 0.6) is 5.75 Å². The van der Waals surface area contributed by atoms with Crippen molar-refractivity contribution in [3.63, 3.8) is 0 Å². The van der Waals surface area contributed by atoms with E-state index in [1.54, 1.807) is 35.2 Å². The van der Waals surface area contributed by atoms with Crippen molar-refractivity contribution in [3.05, 3.63) is 65.2 Å². The van der Waals surface area contributed by atoms with Gasteiger partial charge in [-0.05, 0) is 48.6 Å². The number of carboxylic acid groups (broad SMARTS) is 1. The Morgan fingerprint density at radius 1 is 1.08 bits per heavy atom. The minimum Gasteiger partial charge on any atom is -0.507 e. The molecule has 1 fully saturated rings. The van der Waals surface area contributed by atoms with Crippen molar-refractivity contribution in [2.75, 3.05) is 13.1 Å². The number of hydrogen-bond donors (Lipinski definition) is 2. The maximum atomic E-state index is 12.5. The predicted molar refractivity (Wildman–Crippen MR) is 89.2 cm³/mol. The highest BCUT2D eigenvalue weighted by molar-refractivity contribution is 5.96. The van der Waals surface area contributed by atoms with E-state index in [4.69, 9.17) is 5.11 Å². The molecule has 1 heterocycles. The standard InChI is InChI=1S/C19H19NO4/c21-17-4-2-1-3-16(17)18(22)20-10-9-14(12-20)11-13-5-7-15(8-6-13)19(23)24/h1-8,14,21H,9-12H2,(H,23,24)/t14-/m1/s1. The highest BCUT2D eigenvalue weighted by Crippen LogP contribution is 2.25. The SMILES string of the molecule is O=C(O)c1ccc(C[C@H]2CCN(C(=O)c3ccccc3O)C2)cc1. The van der Waals surface area contributed by atoms with Gasteiger partial charge in [-0.25, -0.2) is 4.79 Å². The van der Waals surface area contributed by atoms with Crippen molar-refractivity contribution in [1.82, 2.24) is 4.90 Å². The minimum atomic E-state index is -0.929. The number of benzene rings is 2. The Bertz CT molecular complexity index is 754. The van der Waals surface area contributed by atoms with E-state index in [9.17, 15) is 14.7 Å². The summed E-state index contributed by atoms with van der Waals surface area (Å²) in [5.74, 6) is -0.718. The fourth-order valence-electron chi connectivity index (χ4n) is 3.13. The number of phenolic OH excluding ortho intramolecular Hbond substituents is 1. The van der Waals surface area contributed by atoms with Crippen LogP contribution in [0.4, 0.5) is 0 Å². The summed E-state index contributed by atoms with van der Waals surface area (Å²) in [4.78, 5) is 25.1. The van der Waals surface area contributed by atoms with Gasteiger partial charge in [-0.3, -0.25) is 4.79 Å². The first-order valence-corrected chi connectivity index (χ1v) is 7.94. The Hall–Kier alpha value is -2.82. The predicted octanol–water partition coefficient (Wildman–Crippen LogP) is 2.80. The van der Waals surface area contributed by atoms with Gasteiger partial charge in [-0.2, -0.15) is 0 Å². The highest BCUT2D eigenvalue weighted by atomic mass is 16.4. The Balaban J connectivity index is 1.62. The largest absolute Gasteiger partial charge is 0.507 e. The van der Waals surface area contributed by atoms with Crippen molar-refractivity contribution < 1.29 is 19.8 Å². The molecule has 0 aliphatic carbocycles. The molecule has 3 rings (SSSR count). The minimum absolute atomic E-state index is 0.00945. The molecule has 5 heteroatoms. The molecule has 0 radical (unpaired) electrons. The third kappa shape index (κ3) is 3.40. The molecule has 0 saturated carbocycles. The molecule has 1 amide bonds. The quantitative estimate of drug-likeness (QED) is 0.906. The zero-order valence-corrected chi connectivity index (χ0v) is 13.2. The number of amides is 1. The van der Waals surface area contributed by atoms with Gasteiger partial charge in [-0.1, -0.05) is 24.3 Å². The second-order valence-electron chi connectivity index (χ2n) is 6.13. The molecule has 2 aromatic rings. The van der Waals surface area contributed by atoms with Crippen molar-refractivity contribution in [3.8, 4) is 5.75 Å². The van der Waals surface area contributed by atoms with Crippen molar-refractivity contribution in [2.24, 2.45) is 5.92 Å². The van der Waals surface area contributed by atoms with Crippen LogP contribution in [-0.2, 0) is 6.42 Å². The number of hydrogen-bond acceptors (Lipinski definition) is 3. The summed E-state index contributed by atoms with van der Waals surface area (Å²) in [5.41, 5.74) is 1.69. The number of rotatable bonds is 4. The fraction of sp³-hybridized carbons (Fsp3) is 0.263. The van der Waals surface area contributed by atoms with Gasteiger partial charge in [0.1, 0.15) is 5.75 Å². The Morgan fingerprint density at radius 2 is 1.79 bits per heavy atom. The second-order valence-corrected chi connectivity index (χ2v) is 6.13. The summed E-state index contributed by atoms with van der Waals surface area (Å²) >= 11 is 0. The van der Waals surface area contributed by atoms with Crippen LogP contribution in [0.2, 0.25) is 0 Å². The van der Waals surface area contributed by atoms with Crippen LogP contribution in [0.25, 0.3) is 0 Å². The fourth-order valence-corrected chi connectivity index (χ4v) is 3.13. The van der Waals surface area contributed by atoms with Gasteiger partial charge < -0.3 is 15.1 Å². The first-order valence-electron chi connectivity index (χ1n) is 7.94. The maximum absolute atomic E-state index is 12.5. The molecule has 0 bridgehead atoms. The van der Waals surface area contributed by atoms with Gasteiger partial charge >= 0.3 is 5.97 Å². The maximum Gasteiger partial charge on any atom is 0.335 e. The number of carbonyl (C=O) groups excluding carboxylic acids is 1. The number of aromatic hydroxyl groups is 1. The average Bonchev–Trinajstić information content (AvgIpc) is 3.04. The van der Waals surface area contributed by atoms with Crippen LogP contribution in [-0.4, -0.2) is 40.1 Å². The zero-order chi connectivity index (χ0) is 17.1. The number of phenols is 1. The van der Waals surface area contributed by atoms with Crippen LogP contribution >= 0.6 is 0 Å². The van der Waals surface area contributed by atoms with Crippen LogP contribution in [0.3, 0.4) is 0 Å². The lowest BCUT2D eigenvalue weighted by Crippen LogP contribution is -2.29. The van der Waals surface area contributed by atoms with E-state index in [1.165, 1.54) is 6.07 Å². The lowest BCUT2D eigenvalue weighted by Gasteiger charge is -2.17. The molecule has 5 nitrogen and oxygen atoms in total. The normalized spacial score (nSPS) is 17.0. The first kappa shape index (κ1) is 16.1. The van der Waals surface area contributed by atoms with E-state index < -0.39 is 5.97 Å². The van der Waals surface area contributed by atoms with Crippen LogP contribution < -0.4 is 0 Å². The Kier molecular flexibility index (Phi) is 4.51. The summed E-state index contributed by atoms with van der Waals surface area (Å²) in [7, 11) is 0. The van der Waals surface area contributed by atoms with Gasteiger partial charge in [0.2, 0.25) is 0 Å². The smallest absolute Gasteiger partial charge is 0.335 e. The second kappa shape index (κ2) is 6.74. The van der Waals surface area contributed by atoms with E-state index in [0.29, 0.717) is 24.6 Å². The van der Waals surface area contributed by atoms with Gasteiger partial charge in [0.05, 0.1) is 11.1 Å². The number of para-hydroxylation sites is 1. The summed E-state index contributed by atoms with van der Waals surface area (Å²) in [6.07, 6.45) is 1.71. The Morgan fingerprint density at radius 3 is 2.46 bits per heavy atom. The molecular formula is C19H19NO4. The van der Waals surface area contributed by atoms with Crippen molar-refractivity contribution in [1.29, 1.82) is 0 Å². The molecule has 0 aromatic heterocycles. The molecule has 0 unspecified atom stereocenters. The van der Waals surface area contributed by atoms with E-state index >= 15 is 0 Å². The van der Waals surface area contributed by atoms with E-state index in [-0.39, 0.29) is 17.2 Å². The molecule has 24 heavy (non-hydrogen) atoms. The molecule has 1 atom stereocenters. The molecule has 1 aliphatic rings. The third-order valence-corrected chi connectivity index (χ3v) is 4.43. The molecular weight excluding hydrogens is 306 g/mol. The molecule has 2 aromatic carbocycles. The van der Waals surface area contributed by atoms with Gasteiger partial charge in [-0.15, -0.1) is 0 Å². The van der Waals surface area contributed by atoms with Gasteiger partial charge in [0, 0.05) is 13.1 Å². The average molecular weight is 325 g/mol. The van der Waals surface area contributed by atoms with E-state index in [2.05, 4.69) is 0 Å². The van der Waals surface area contributed by atoms with Crippen LogP contribution in [0.15, 0.2) is 48.5 Å². The Labute approximate surface area is 140 Å². The lowest BCUT2D eigenvalue weighted by molar-refractivity contribution is 0.0696. The number of nitrogens with zero attached hydrogens (tertiary/aromatic N) is 1. The number of likely N-dealkylation sites (tertiary alicyclic amines) is 1. The number of carbonyl (C=O) groups is 2. The van der Waals surface area contributed by atoms with Gasteiger partial charge in [0.15, 0.2) is 0 Å². The van der Waals surface area contributed by atoms with E-state index in [0.717, 1.165) is 18.4 Å². The molecule has 0 spiro atoms. The monoisotopic (exact) mass is 325 g/mol. The van der Waals surface area contributed by atoms with Crippen LogP contribution in [0.1, 0.15) is 32.7 Å².